The average molecular weight is 308 g/mol. The summed E-state index contributed by atoms with van der Waals surface area (Å²) >= 11 is 7.14. The standard InChI is InChI=1S/C14H14ClN3OS/c15-12-4-2-11(3-5-12)6-9-16-13(19)10-20-14-17-7-1-8-18-14/h1-5,7-8H,6,9-10H2,(H,16,19). The molecule has 0 atom stereocenters. The minimum Gasteiger partial charge on any atom is -0.355 e. The van der Waals surface area contributed by atoms with E-state index in [0.29, 0.717) is 17.5 Å². The molecule has 6 heteroatoms. The third-order valence-electron chi connectivity index (χ3n) is 2.52. The number of hydrogen-bond donors (Lipinski definition) is 1. The van der Waals surface area contributed by atoms with Crippen molar-refractivity contribution in [2.75, 3.05) is 12.3 Å². The van der Waals surface area contributed by atoms with Gasteiger partial charge < -0.3 is 5.32 Å². The molecule has 4 nitrogen and oxygen atoms in total. The molecule has 1 heterocycles. The average Bonchev–Trinajstić information content (AvgIpc) is 2.48. The highest BCUT2D eigenvalue weighted by Crippen LogP contribution is 2.11. The molecular weight excluding hydrogens is 294 g/mol. The molecular formula is C14H14ClN3OS. The molecule has 0 saturated carbocycles. The number of nitrogens with zero attached hydrogens (tertiary/aromatic N) is 2. The van der Waals surface area contributed by atoms with Crippen molar-refractivity contribution in [2.24, 2.45) is 0 Å². The maximum absolute atomic E-state index is 11.7. The lowest BCUT2D eigenvalue weighted by Gasteiger charge is -2.05. The minimum atomic E-state index is -0.0172. The predicted molar refractivity (Wildman–Crippen MR) is 80.9 cm³/mol. The van der Waals surface area contributed by atoms with Gasteiger partial charge in [-0.05, 0) is 30.2 Å². The maximum atomic E-state index is 11.7. The van der Waals surface area contributed by atoms with Gasteiger partial charge in [0, 0.05) is 24.0 Å². The van der Waals surface area contributed by atoms with Gasteiger partial charge in [0.15, 0.2) is 5.16 Å². The number of hydrogen-bond acceptors (Lipinski definition) is 4. The number of halogens is 1. The Hall–Kier alpha value is -1.59. The van der Waals surface area contributed by atoms with Crippen LogP contribution in [0.25, 0.3) is 0 Å². The Balaban J connectivity index is 1.66. The molecule has 0 bridgehead atoms. The Labute approximate surface area is 127 Å². The molecule has 0 saturated heterocycles. The lowest BCUT2D eigenvalue weighted by molar-refractivity contribution is -0.118. The van der Waals surface area contributed by atoms with Crippen LogP contribution in [0.4, 0.5) is 0 Å². The third kappa shape index (κ3) is 5.19. The SMILES string of the molecule is O=C(CSc1ncccn1)NCCc1ccc(Cl)cc1. The highest BCUT2D eigenvalue weighted by atomic mass is 35.5. The van der Waals surface area contributed by atoms with Gasteiger partial charge in [0.1, 0.15) is 0 Å². The molecule has 1 N–H and O–H groups in total. The monoisotopic (exact) mass is 307 g/mol. The zero-order valence-corrected chi connectivity index (χ0v) is 12.3. The summed E-state index contributed by atoms with van der Waals surface area (Å²) in [5.41, 5.74) is 1.15. The van der Waals surface area contributed by atoms with Crippen LogP contribution in [0.1, 0.15) is 5.56 Å². The molecule has 0 fully saturated rings. The van der Waals surface area contributed by atoms with Crippen LogP contribution in [0.5, 0.6) is 0 Å². The molecule has 0 aliphatic heterocycles. The van der Waals surface area contributed by atoms with E-state index in [-0.39, 0.29) is 5.91 Å². The van der Waals surface area contributed by atoms with Crippen LogP contribution in [0.2, 0.25) is 5.02 Å². The summed E-state index contributed by atoms with van der Waals surface area (Å²) in [5.74, 6) is 0.307. The second-order valence-corrected chi connectivity index (χ2v) is 5.43. The fourth-order valence-electron chi connectivity index (χ4n) is 1.54. The molecule has 2 rings (SSSR count). The number of benzene rings is 1. The van der Waals surface area contributed by atoms with E-state index >= 15 is 0 Å². The van der Waals surface area contributed by atoms with Crippen LogP contribution in [0.15, 0.2) is 47.9 Å². The first-order valence-corrected chi connectivity index (χ1v) is 7.51. The van der Waals surface area contributed by atoms with Gasteiger partial charge in [-0.1, -0.05) is 35.5 Å². The quantitative estimate of drug-likeness (QED) is 0.658. The summed E-state index contributed by atoms with van der Waals surface area (Å²) in [6.07, 6.45) is 4.11. The molecule has 1 aromatic heterocycles. The van der Waals surface area contributed by atoms with E-state index in [0.717, 1.165) is 17.0 Å². The minimum absolute atomic E-state index is 0.0172. The lowest BCUT2D eigenvalue weighted by Crippen LogP contribution is -2.27. The van der Waals surface area contributed by atoms with Crippen molar-refractivity contribution in [2.45, 2.75) is 11.6 Å². The van der Waals surface area contributed by atoms with Gasteiger partial charge in [0.2, 0.25) is 5.91 Å². The van der Waals surface area contributed by atoms with Crippen molar-refractivity contribution in [3.8, 4) is 0 Å². The van der Waals surface area contributed by atoms with Crippen LogP contribution in [0.3, 0.4) is 0 Å². The maximum Gasteiger partial charge on any atom is 0.230 e. The van der Waals surface area contributed by atoms with Gasteiger partial charge in [-0.25, -0.2) is 9.97 Å². The number of carbonyl (C=O) groups excluding carboxylic acids is 1. The molecule has 1 aromatic carbocycles. The largest absolute Gasteiger partial charge is 0.355 e. The first kappa shape index (κ1) is 14.8. The highest BCUT2D eigenvalue weighted by Gasteiger charge is 2.03. The summed E-state index contributed by atoms with van der Waals surface area (Å²) in [6, 6.07) is 9.36. The normalized spacial score (nSPS) is 10.2. The van der Waals surface area contributed by atoms with Gasteiger partial charge in [-0.2, -0.15) is 0 Å². The molecule has 104 valence electrons. The molecule has 0 aliphatic carbocycles. The predicted octanol–water partition coefficient (Wildman–Crippen LogP) is 2.58. The summed E-state index contributed by atoms with van der Waals surface area (Å²) in [4.78, 5) is 19.7. The van der Waals surface area contributed by atoms with E-state index in [1.807, 2.05) is 24.3 Å². The second-order valence-electron chi connectivity index (χ2n) is 4.05. The topological polar surface area (TPSA) is 54.9 Å². The Morgan fingerprint density at radius 1 is 1.20 bits per heavy atom. The van der Waals surface area contributed by atoms with Gasteiger partial charge >= 0.3 is 0 Å². The second kappa shape index (κ2) is 7.87. The zero-order chi connectivity index (χ0) is 14.2. The molecule has 0 unspecified atom stereocenters. The van der Waals surface area contributed by atoms with Crippen molar-refractivity contribution >= 4 is 29.3 Å². The Bertz CT molecular complexity index is 548. The van der Waals surface area contributed by atoms with E-state index in [1.54, 1.807) is 18.5 Å². The Morgan fingerprint density at radius 3 is 2.60 bits per heavy atom. The Morgan fingerprint density at radius 2 is 1.90 bits per heavy atom. The van der Waals surface area contributed by atoms with Gasteiger partial charge in [-0.3, -0.25) is 4.79 Å². The summed E-state index contributed by atoms with van der Waals surface area (Å²) in [5, 5.41) is 4.20. The summed E-state index contributed by atoms with van der Waals surface area (Å²) in [7, 11) is 0. The first-order chi connectivity index (χ1) is 9.74. The molecule has 1 amide bonds. The fraction of sp³-hybridized carbons (Fsp3) is 0.214. The number of rotatable bonds is 6. The van der Waals surface area contributed by atoms with Crippen molar-refractivity contribution in [3.05, 3.63) is 53.3 Å². The highest BCUT2D eigenvalue weighted by molar-refractivity contribution is 7.99. The van der Waals surface area contributed by atoms with Gasteiger partial charge in [-0.15, -0.1) is 0 Å². The Kier molecular flexibility index (Phi) is 5.83. The number of amides is 1. The first-order valence-electron chi connectivity index (χ1n) is 6.15. The number of thioether (sulfide) groups is 1. The summed E-state index contributed by atoms with van der Waals surface area (Å²) < 4.78 is 0. The number of aromatic nitrogens is 2. The van der Waals surface area contributed by atoms with Crippen molar-refractivity contribution in [3.63, 3.8) is 0 Å². The van der Waals surface area contributed by atoms with Crippen molar-refractivity contribution < 1.29 is 4.79 Å². The molecule has 0 radical (unpaired) electrons. The van der Waals surface area contributed by atoms with E-state index in [4.69, 9.17) is 11.6 Å². The van der Waals surface area contributed by atoms with Crippen LogP contribution in [0, 0.1) is 0 Å². The third-order valence-corrected chi connectivity index (χ3v) is 3.65. The lowest BCUT2D eigenvalue weighted by atomic mass is 10.1. The molecule has 0 spiro atoms. The van der Waals surface area contributed by atoms with Crippen molar-refractivity contribution in [1.82, 2.24) is 15.3 Å². The molecule has 0 aliphatic rings. The van der Waals surface area contributed by atoms with E-state index in [9.17, 15) is 4.79 Å². The van der Waals surface area contributed by atoms with E-state index in [2.05, 4.69) is 15.3 Å². The fourth-order valence-corrected chi connectivity index (χ4v) is 2.30. The van der Waals surface area contributed by atoms with Gasteiger partial charge in [0.25, 0.3) is 0 Å². The van der Waals surface area contributed by atoms with Gasteiger partial charge in [0.05, 0.1) is 5.75 Å². The van der Waals surface area contributed by atoms with Crippen LogP contribution < -0.4 is 5.32 Å². The van der Waals surface area contributed by atoms with Crippen molar-refractivity contribution in [1.29, 1.82) is 0 Å². The summed E-state index contributed by atoms with van der Waals surface area (Å²) in [6.45, 7) is 0.608. The van der Waals surface area contributed by atoms with Crippen LogP contribution >= 0.6 is 23.4 Å². The molecule has 2 aromatic rings. The zero-order valence-electron chi connectivity index (χ0n) is 10.8. The smallest absolute Gasteiger partial charge is 0.230 e. The van der Waals surface area contributed by atoms with E-state index in [1.165, 1.54) is 11.8 Å². The number of carbonyl (C=O) groups is 1. The van der Waals surface area contributed by atoms with Crippen LogP contribution in [-0.2, 0) is 11.2 Å². The molecule has 20 heavy (non-hydrogen) atoms. The number of nitrogens with one attached hydrogen (secondary N) is 1. The van der Waals surface area contributed by atoms with Crippen LogP contribution in [-0.4, -0.2) is 28.2 Å². The van der Waals surface area contributed by atoms with E-state index < -0.39 is 0 Å².